The van der Waals surface area contributed by atoms with E-state index in [0.29, 0.717) is 0 Å². The van der Waals surface area contributed by atoms with E-state index in [1.54, 1.807) is 0 Å². The first-order valence-corrected chi connectivity index (χ1v) is 18.2. The summed E-state index contributed by atoms with van der Waals surface area (Å²) in [6, 6.07) is 62.4. The topological polar surface area (TPSA) is 13.1 Å². The van der Waals surface area contributed by atoms with Crippen LogP contribution in [0, 0.1) is 0 Å². The fourth-order valence-electron chi connectivity index (χ4n) is 9.05. The molecule has 0 atom stereocenters. The number of hydrogen-bond donors (Lipinski definition) is 0. The first-order valence-electron chi connectivity index (χ1n) is 18.2. The number of furan rings is 1. The van der Waals surface area contributed by atoms with Gasteiger partial charge in [0, 0.05) is 16.2 Å². The second-order valence-corrected chi connectivity index (χ2v) is 14.9. The zero-order valence-corrected chi connectivity index (χ0v) is 29.1. The third-order valence-electron chi connectivity index (χ3n) is 11.6. The second kappa shape index (κ2) is 10.8. The van der Waals surface area contributed by atoms with Crippen LogP contribution in [-0.4, -0.2) is 0 Å². The van der Waals surface area contributed by atoms with Gasteiger partial charge >= 0.3 is 0 Å². The van der Waals surface area contributed by atoms with E-state index in [1.807, 2.05) is 0 Å². The van der Waals surface area contributed by atoms with Crippen molar-refractivity contribution in [2.24, 2.45) is 0 Å². The van der Waals surface area contributed by atoms with Crippen LogP contribution >= 0.6 is 0 Å². The van der Waals surface area contributed by atoms with Gasteiger partial charge in [-0.15, -0.1) is 0 Å². The Balaban J connectivity index is 1.02. The average molecular weight is 663 g/mol. The summed E-state index contributed by atoms with van der Waals surface area (Å²) >= 11 is 0. The summed E-state index contributed by atoms with van der Waals surface area (Å²) < 4.78 is 6.50. The van der Waals surface area contributed by atoms with Gasteiger partial charge in [0.25, 0.3) is 0 Å². The normalized spacial score (nSPS) is 13.3. The maximum atomic E-state index is 6.50. The van der Waals surface area contributed by atoms with Crippen LogP contribution in [0.5, 0.6) is 0 Å². The van der Waals surface area contributed by atoms with Crippen molar-refractivity contribution in [3.63, 3.8) is 0 Å². The number of rotatable bonds is 3. The predicted octanol–water partition coefficient (Wildman–Crippen LogP) is 14.4. The van der Waals surface area contributed by atoms with Crippen LogP contribution in [0.25, 0.3) is 98.8 Å². The van der Waals surface area contributed by atoms with Gasteiger partial charge in [-0.05, 0) is 118 Å². The smallest absolute Gasteiger partial charge is 0.136 e. The van der Waals surface area contributed by atoms with Gasteiger partial charge in [-0.3, -0.25) is 0 Å². The highest BCUT2D eigenvalue weighted by Gasteiger charge is 2.36. The molecule has 0 fully saturated rings. The lowest BCUT2D eigenvalue weighted by molar-refractivity contribution is 0.647. The molecule has 9 aromatic carbocycles. The van der Waals surface area contributed by atoms with E-state index in [-0.39, 0.29) is 5.41 Å². The Morgan fingerprint density at radius 2 is 0.827 bits per heavy atom. The fourth-order valence-corrected chi connectivity index (χ4v) is 9.05. The molecule has 11 rings (SSSR count). The molecule has 0 amide bonds. The molecule has 0 radical (unpaired) electrons. The third kappa shape index (κ3) is 4.17. The van der Waals surface area contributed by atoms with Crippen LogP contribution in [0.1, 0.15) is 25.0 Å². The lowest BCUT2D eigenvalue weighted by Gasteiger charge is -2.22. The zero-order valence-electron chi connectivity index (χ0n) is 29.1. The van der Waals surface area contributed by atoms with E-state index in [4.69, 9.17) is 4.42 Å². The summed E-state index contributed by atoms with van der Waals surface area (Å²) in [5, 5.41) is 9.90. The summed E-state index contributed by atoms with van der Waals surface area (Å²) in [7, 11) is 0. The molecule has 1 aliphatic carbocycles. The molecule has 0 spiro atoms. The first-order chi connectivity index (χ1) is 25.5. The molecule has 52 heavy (non-hydrogen) atoms. The standard InChI is InChI=1S/C51H34O/c1-51(2)45-27-36(24-25-37(45)42-29-44-43-26-34-14-6-7-15-35(34)28-47(43)52-48(44)30-46(42)51)31-20-22-33(23-21-31)50-40-18-10-8-16-38(40)49(32-12-4-3-5-13-32)39-17-9-11-19-41(39)50/h3-30H,1-2H3. The molecule has 1 heterocycles. The third-order valence-corrected chi connectivity index (χ3v) is 11.6. The summed E-state index contributed by atoms with van der Waals surface area (Å²) in [6.07, 6.45) is 0. The monoisotopic (exact) mass is 662 g/mol. The maximum absolute atomic E-state index is 6.50. The molecular formula is C51H34O. The summed E-state index contributed by atoms with van der Waals surface area (Å²) in [5.41, 5.74) is 14.6. The second-order valence-electron chi connectivity index (χ2n) is 14.9. The highest BCUT2D eigenvalue weighted by atomic mass is 16.3. The first kappa shape index (κ1) is 29.3. The van der Waals surface area contributed by atoms with E-state index in [2.05, 4.69) is 184 Å². The van der Waals surface area contributed by atoms with Gasteiger partial charge in [0.2, 0.25) is 0 Å². The molecule has 0 saturated heterocycles. The van der Waals surface area contributed by atoms with Gasteiger partial charge in [-0.1, -0.05) is 153 Å². The highest BCUT2D eigenvalue weighted by Crippen LogP contribution is 2.52. The van der Waals surface area contributed by atoms with Crippen molar-refractivity contribution in [3.8, 4) is 44.5 Å². The largest absolute Gasteiger partial charge is 0.456 e. The maximum Gasteiger partial charge on any atom is 0.136 e. The Hall–Kier alpha value is -6.44. The van der Waals surface area contributed by atoms with E-state index in [1.165, 1.54) is 98.7 Å². The lowest BCUT2D eigenvalue weighted by Crippen LogP contribution is -2.15. The van der Waals surface area contributed by atoms with E-state index in [9.17, 15) is 0 Å². The minimum atomic E-state index is -0.156. The van der Waals surface area contributed by atoms with Crippen molar-refractivity contribution in [1.82, 2.24) is 0 Å². The van der Waals surface area contributed by atoms with Crippen molar-refractivity contribution >= 4 is 54.3 Å². The zero-order chi connectivity index (χ0) is 34.6. The summed E-state index contributed by atoms with van der Waals surface area (Å²) in [5.74, 6) is 0. The van der Waals surface area contributed by atoms with Crippen molar-refractivity contribution in [2.75, 3.05) is 0 Å². The molecule has 0 bridgehead atoms. The van der Waals surface area contributed by atoms with Gasteiger partial charge < -0.3 is 4.42 Å². The minimum Gasteiger partial charge on any atom is -0.456 e. The Labute approximate surface area is 302 Å². The van der Waals surface area contributed by atoms with Crippen LogP contribution in [0.15, 0.2) is 174 Å². The van der Waals surface area contributed by atoms with Gasteiger partial charge in [-0.2, -0.15) is 0 Å². The van der Waals surface area contributed by atoms with Crippen molar-refractivity contribution in [1.29, 1.82) is 0 Å². The van der Waals surface area contributed by atoms with Crippen LogP contribution in [0.3, 0.4) is 0 Å². The minimum absolute atomic E-state index is 0.156. The highest BCUT2D eigenvalue weighted by molar-refractivity contribution is 6.21. The van der Waals surface area contributed by atoms with E-state index >= 15 is 0 Å². The molecule has 1 aromatic heterocycles. The molecule has 244 valence electrons. The van der Waals surface area contributed by atoms with Gasteiger partial charge in [0.05, 0.1) is 0 Å². The fraction of sp³-hybridized carbons (Fsp3) is 0.0588. The molecule has 0 unspecified atom stereocenters. The number of hydrogen-bond acceptors (Lipinski definition) is 1. The Kier molecular flexibility index (Phi) is 6.08. The molecule has 1 aliphatic rings. The molecular weight excluding hydrogens is 629 g/mol. The molecule has 1 heteroatoms. The van der Waals surface area contributed by atoms with E-state index < -0.39 is 0 Å². The molecule has 0 N–H and O–H groups in total. The van der Waals surface area contributed by atoms with Crippen LogP contribution < -0.4 is 0 Å². The van der Waals surface area contributed by atoms with Crippen LogP contribution in [-0.2, 0) is 5.41 Å². The Morgan fingerprint density at radius 1 is 0.346 bits per heavy atom. The predicted molar refractivity (Wildman–Crippen MR) is 220 cm³/mol. The average Bonchev–Trinajstić information content (AvgIpc) is 3.65. The van der Waals surface area contributed by atoms with Gasteiger partial charge in [0.15, 0.2) is 0 Å². The summed E-state index contributed by atoms with van der Waals surface area (Å²) in [6.45, 7) is 4.70. The van der Waals surface area contributed by atoms with Crippen molar-refractivity contribution in [2.45, 2.75) is 19.3 Å². The van der Waals surface area contributed by atoms with Crippen molar-refractivity contribution < 1.29 is 4.42 Å². The molecule has 10 aromatic rings. The molecule has 0 aliphatic heterocycles. The molecule has 0 saturated carbocycles. The number of benzene rings is 9. The molecule has 1 nitrogen and oxygen atoms in total. The quantitative estimate of drug-likeness (QED) is 0.172. The Morgan fingerprint density at radius 3 is 1.48 bits per heavy atom. The van der Waals surface area contributed by atoms with E-state index in [0.717, 1.165) is 11.2 Å². The van der Waals surface area contributed by atoms with Crippen LogP contribution in [0.4, 0.5) is 0 Å². The van der Waals surface area contributed by atoms with Gasteiger partial charge in [-0.25, -0.2) is 0 Å². The summed E-state index contributed by atoms with van der Waals surface area (Å²) in [4.78, 5) is 0. The number of fused-ring (bicyclic) bond motifs is 9. The SMILES string of the molecule is CC1(C)c2cc(-c3ccc(-c4c5ccccc5c(-c5ccccc5)c5ccccc45)cc3)ccc2-c2cc3c(cc21)oc1cc2ccccc2cc13. The van der Waals surface area contributed by atoms with Crippen molar-refractivity contribution in [3.05, 3.63) is 181 Å². The van der Waals surface area contributed by atoms with Crippen LogP contribution in [0.2, 0.25) is 0 Å². The van der Waals surface area contributed by atoms with Gasteiger partial charge in [0.1, 0.15) is 11.2 Å². The lowest BCUT2D eigenvalue weighted by atomic mass is 9.81. The Bertz CT molecular complexity index is 3010.